The number of thioether (sulfide) groups is 1. The molecule has 1 unspecified atom stereocenters. The minimum absolute atomic E-state index is 0.189. The third-order valence-electron chi connectivity index (χ3n) is 5.96. The number of aromatic nitrogens is 3. The molecule has 5 rings (SSSR count). The van der Waals surface area contributed by atoms with Gasteiger partial charge in [-0.1, -0.05) is 58.9 Å². The molecule has 2 heterocycles. The predicted molar refractivity (Wildman–Crippen MR) is 134 cm³/mol. The third kappa shape index (κ3) is 4.22. The molecule has 0 aliphatic carbocycles. The molecule has 4 aromatic rings. The molecule has 1 amide bonds. The Bertz CT molecular complexity index is 1430. The van der Waals surface area contributed by atoms with Crippen molar-refractivity contribution in [3.05, 3.63) is 83.9 Å². The summed E-state index contributed by atoms with van der Waals surface area (Å²) < 4.78 is 13.3. The van der Waals surface area contributed by atoms with Crippen molar-refractivity contribution in [3.8, 4) is 28.6 Å². The Morgan fingerprint density at radius 1 is 1.08 bits per heavy atom. The Labute approximate surface area is 213 Å². The lowest BCUT2D eigenvalue weighted by Crippen LogP contribution is -2.58. The maximum Gasteiger partial charge on any atom is 0.293 e. The number of ether oxygens (including phenoxy) is 2. The Balaban J connectivity index is 1.63. The number of hydrogen-bond donors (Lipinski definition) is 0. The molecule has 9 heteroatoms. The number of nitrogens with zero attached hydrogens (tertiary/aromatic N) is 4. The number of fused-ring (bicyclic) bond motifs is 3. The molecule has 0 spiro atoms. The average molecular weight is 501 g/mol. The second-order valence-corrected chi connectivity index (χ2v) is 8.93. The van der Waals surface area contributed by atoms with Crippen molar-refractivity contribution < 1.29 is 24.1 Å². The van der Waals surface area contributed by atoms with Crippen LogP contribution in [0.25, 0.3) is 11.3 Å². The second kappa shape index (κ2) is 9.87. The zero-order chi connectivity index (χ0) is 25.2. The molecule has 1 aromatic heterocycles. The van der Waals surface area contributed by atoms with Crippen molar-refractivity contribution >= 4 is 23.4 Å². The number of rotatable bonds is 6. The van der Waals surface area contributed by atoms with Crippen LogP contribution in [0.15, 0.2) is 78.0 Å². The minimum atomic E-state index is -0.717. The normalized spacial score (nSPS) is 14.1. The van der Waals surface area contributed by atoms with E-state index in [4.69, 9.17) is 9.47 Å². The van der Waals surface area contributed by atoms with Crippen LogP contribution in [0.3, 0.4) is 0 Å². The first kappa shape index (κ1) is 23.6. The van der Waals surface area contributed by atoms with E-state index in [-0.39, 0.29) is 5.91 Å². The monoisotopic (exact) mass is 500 g/mol. The van der Waals surface area contributed by atoms with E-state index >= 15 is 0 Å². The maximum absolute atomic E-state index is 13.1. The number of anilines is 1. The molecule has 0 N–H and O–H groups in total. The average Bonchev–Trinajstić information content (AvgIpc) is 2.91. The molecule has 0 saturated carbocycles. The summed E-state index contributed by atoms with van der Waals surface area (Å²) in [6.07, 6.45) is 1.09. The molecule has 1 aliphatic heterocycles. The highest BCUT2D eigenvalue weighted by molar-refractivity contribution is 7.98. The fourth-order valence-corrected chi connectivity index (χ4v) is 4.70. The van der Waals surface area contributed by atoms with Crippen LogP contribution >= 0.6 is 11.8 Å². The summed E-state index contributed by atoms with van der Waals surface area (Å²) in [5, 5.41) is 18.1. The third-order valence-corrected chi connectivity index (χ3v) is 6.50. The molecular formula is C27H24N4O4S. The molecular weight excluding hydrogens is 476 g/mol. The number of hydrogen-bond acceptors (Lipinski definition) is 7. The number of benzene rings is 3. The summed E-state index contributed by atoms with van der Waals surface area (Å²) in [5.74, 6) is 0.489. The van der Waals surface area contributed by atoms with Crippen molar-refractivity contribution in [2.75, 3.05) is 18.3 Å². The van der Waals surface area contributed by atoms with Crippen LogP contribution < -0.4 is 24.2 Å². The van der Waals surface area contributed by atoms with Crippen LogP contribution in [-0.4, -0.2) is 29.4 Å². The van der Waals surface area contributed by atoms with Gasteiger partial charge in [0.15, 0.2) is 11.5 Å². The number of carbonyl (C=O) groups is 1. The van der Waals surface area contributed by atoms with Gasteiger partial charge < -0.3 is 14.6 Å². The first-order valence-electron chi connectivity index (χ1n) is 11.3. The molecule has 8 nitrogen and oxygen atoms in total. The van der Waals surface area contributed by atoms with Crippen molar-refractivity contribution in [3.63, 3.8) is 0 Å². The fraction of sp³-hybridized carbons (Fsp3) is 0.185. The zero-order valence-corrected chi connectivity index (χ0v) is 20.9. The summed E-state index contributed by atoms with van der Waals surface area (Å²) >= 11 is 1.27. The molecule has 3 aromatic carbocycles. The van der Waals surface area contributed by atoms with Gasteiger partial charge in [-0.3, -0.25) is 4.79 Å². The Morgan fingerprint density at radius 2 is 1.83 bits per heavy atom. The lowest BCUT2D eigenvalue weighted by molar-refractivity contribution is -0.764. The molecule has 0 saturated heterocycles. The van der Waals surface area contributed by atoms with Crippen molar-refractivity contribution in [1.29, 1.82) is 0 Å². The number of para-hydroxylation sites is 1. The van der Waals surface area contributed by atoms with E-state index < -0.39 is 12.0 Å². The van der Waals surface area contributed by atoms with Crippen LogP contribution in [0.4, 0.5) is 5.69 Å². The standard InChI is InChI=1S/C27H24N4O4S/c1-17(32)30-21-12-8-7-11-20(21)24-25(33)28-27(36-3)29-31(24)26(30)19-13-14-22(23(15-19)34-2)35-16-18-9-5-4-6-10-18/h4-15,26H,16H2,1-3H3. The highest BCUT2D eigenvalue weighted by Gasteiger charge is 2.44. The molecule has 1 atom stereocenters. The number of methoxy groups -OCH3 is 1. The molecule has 36 heavy (non-hydrogen) atoms. The lowest BCUT2D eigenvalue weighted by atomic mass is 10.0. The lowest BCUT2D eigenvalue weighted by Gasteiger charge is -2.33. The largest absolute Gasteiger partial charge is 0.854 e. The smallest absolute Gasteiger partial charge is 0.293 e. The second-order valence-electron chi connectivity index (χ2n) is 8.16. The van der Waals surface area contributed by atoms with E-state index in [1.807, 2.05) is 66.7 Å². The van der Waals surface area contributed by atoms with Crippen molar-refractivity contribution in [1.82, 2.24) is 10.1 Å². The van der Waals surface area contributed by atoms with Gasteiger partial charge in [0.1, 0.15) is 6.61 Å². The summed E-state index contributed by atoms with van der Waals surface area (Å²) in [6, 6.07) is 22.6. The zero-order valence-electron chi connectivity index (χ0n) is 20.0. The van der Waals surface area contributed by atoms with E-state index in [1.54, 1.807) is 29.0 Å². The minimum Gasteiger partial charge on any atom is -0.854 e. The van der Waals surface area contributed by atoms with E-state index in [0.29, 0.717) is 45.8 Å². The SMILES string of the molecule is COc1cc(C2N(C(C)=O)c3ccccc3-c3c([O-])nc(SC)n[n+]32)ccc1OCc1ccccc1. The summed E-state index contributed by atoms with van der Waals surface area (Å²) in [4.78, 5) is 18.8. The highest BCUT2D eigenvalue weighted by atomic mass is 32.2. The number of carbonyl (C=O) groups excluding carboxylic acids is 1. The van der Waals surface area contributed by atoms with Gasteiger partial charge in [0.05, 0.1) is 24.2 Å². The molecule has 0 fully saturated rings. The number of amides is 1. The van der Waals surface area contributed by atoms with Gasteiger partial charge in [0.25, 0.3) is 17.0 Å². The maximum atomic E-state index is 13.1. The summed E-state index contributed by atoms with van der Waals surface area (Å²) in [6.45, 7) is 1.88. The Kier molecular flexibility index (Phi) is 6.47. The van der Waals surface area contributed by atoms with Gasteiger partial charge in [-0.2, -0.15) is 0 Å². The van der Waals surface area contributed by atoms with Gasteiger partial charge in [0, 0.05) is 17.6 Å². The van der Waals surface area contributed by atoms with Gasteiger partial charge in [-0.25, -0.2) is 9.88 Å². The first-order chi connectivity index (χ1) is 17.5. The van der Waals surface area contributed by atoms with E-state index in [2.05, 4.69) is 10.1 Å². The van der Waals surface area contributed by atoms with E-state index in [0.717, 1.165) is 5.56 Å². The highest BCUT2D eigenvalue weighted by Crippen LogP contribution is 2.42. The quantitative estimate of drug-likeness (QED) is 0.294. The topological polar surface area (TPSA) is 91.5 Å². The molecule has 0 radical (unpaired) electrons. The first-order valence-corrected chi connectivity index (χ1v) is 12.5. The van der Waals surface area contributed by atoms with Gasteiger partial charge in [-0.15, -0.1) is 0 Å². The molecule has 182 valence electrons. The van der Waals surface area contributed by atoms with Gasteiger partial charge >= 0.3 is 0 Å². The van der Waals surface area contributed by atoms with Crippen LogP contribution in [-0.2, 0) is 11.4 Å². The van der Waals surface area contributed by atoms with Crippen LogP contribution in [0.5, 0.6) is 17.4 Å². The molecule has 0 bridgehead atoms. The van der Waals surface area contributed by atoms with Crippen molar-refractivity contribution in [2.45, 2.75) is 24.9 Å². The van der Waals surface area contributed by atoms with Crippen LogP contribution in [0.2, 0.25) is 0 Å². The van der Waals surface area contributed by atoms with E-state index in [1.165, 1.54) is 18.7 Å². The molecule has 1 aliphatic rings. The van der Waals surface area contributed by atoms with Gasteiger partial charge in [0.2, 0.25) is 5.91 Å². The predicted octanol–water partition coefficient (Wildman–Crippen LogP) is 3.73. The van der Waals surface area contributed by atoms with Crippen molar-refractivity contribution in [2.24, 2.45) is 0 Å². The fourth-order valence-electron chi connectivity index (χ4n) is 4.36. The summed E-state index contributed by atoms with van der Waals surface area (Å²) in [7, 11) is 1.57. The van der Waals surface area contributed by atoms with Gasteiger partial charge in [-0.05, 0) is 42.2 Å². The van der Waals surface area contributed by atoms with Crippen LogP contribution in [0.1, 0.15) is 24.2 Å². The summed E-state index contributed by atoms with van der Waals surface area (Å²) in [5.41, 5.74) is 3.30. The Hall–Kier alpha value is -4.11. The van der Waals surface area contributed by atoms with E-state index in [9.17, 15) is 9.90 Å². The Morgan fingerprint density at radius 3 is 2.56 bits per heavy atom. The van der Waals surface area contributed by atoms with Crippen LogP contribution in [0, 0.1) is 0 Å².